The number of amides is 2. The first kappa shape index (κ1) is 15.3. The minimum atomic E-state index is -0.413. The van der Waals surface area contributed by atoms with Gasteiger partial charge in [-0.1, -0.05) is 48.2 Å². The Morgan fingerprint density at radius 1 is 1.43 bits per heavy atom. The number of carbonyl (C=O) groups excluding carboxylic acids is 2. The van der Waals surface area contributed by atoms with Gasteiger partial charge in [0.15, 0.2) is 5.17 Å². The average Bonchev–Trinajstić information content (AvgIpc) is 2.84. The SMILES string of the molecule is C=CCN=C1NC(=O)C(CC(=O)NCc2ccccc2)S1. The third kappa shape index (κ3) is 4.75. The van der Waals surface area contributed by atoms with Crippen molar-refractivity contribution in [3.8, 4) is 0 Å². The molecule has 21 heavy (non-hydrogen) atoms. The molecule has 0 aromatic heterocycles. The van der Waals surface area contributed by atoms with Crippen molar-refractivity contribution in [1.82, 2.24) is 10.6 Å². The quantitative estimate of drug-likeness (QED) is 0.782. The maximum Gasteiger partial charge on any atom is 0.240 e. The van der Waals surface area contributed by atoms with E-state index in [1.54, 1.807) is 6.08 Å². The maximum atomic E-state index is 11.9. The van der Waals surface area contributed by atoms with Gasteiger partial charge in [-0.15, -0.1) is 6.58 Å². The standard InChI is InChI=1S/C15H17N3O2S/c1-2-8-16-15-18-14(20)12(21-15)9-13(19)17-10-11-6-4-3-5-7-11/h2-7,12H,1,8-10H2,(H,17,19)(H,16,18,20). The molecule has 0 bridgehead atoms. The first-order valence-electron chi connectivity index (χ1n) is 6.62. The van der Waals surface area contributed by atoms with Crippen LogP contribution in [0.4, 0.5) is 0 Å². The van der Waals surface area contributed by atoms with Crippen molar-refractivity contribution in [1.29, 1.82) is 0 Å². The van der Waals surface area contributed by atoms with Crippen LogP contribution < -0.4 is 10.6 Å². The largest absolute Gasteiger partial charge is 0.352 e. The molecule has 5 nitrogen and oxygen atoms in total. The van der Waals surface area contributed by atoms with Crippen LogP contribution in [0.15, 0.2) is 48.0 Å². The van der Waals surface area contributed by atoms with Crippen molar-refractivity contribution in [2.45, 2.75) is 18.2 Å². The molecule has 0 spiro atoms. The van der Waals surface area contributed by atoms with Crippen molar-refractivity contribution < 1.29 is 9.59 Å². The van der Waals surface area contributed by atoms with E-state index < -0.39 is 5.25 Å². The monoisotopic (exact) mass is 303 g/mol. The van der Waals surface area contributed by atoms with Crippen LogP contribution in [-0.4, -0.2) is 28.8 Å². The van der Waals surface area contributed by atoms with Crippen LogP contribution >= 0.6 is 11.8 Å². The fraction of sp³-hybridized carbons (Fsp3) is 0.267. The zero-order chi connectivity index (χ0) is 15.1. The molecule has 1 unspecified atom stereocenters. The Morgan fingerprint density at radius 2 is 2.19 bits per heavy atom. The Kier molecular flexibility index (Phi) is 5.57. The van der Waals surface area contributed by atoms with E-state index >= 15 is 0 Å². The van der Waals surface area contributed by atoms with Gasteiger partial charge in [0.05, 0.1) is 6.54 Å². The molecule has 2 N–H and O–H groups in total. The zero-order valence-electron chi connectivity index (χ0n) is 11.5. The molecule has 1 fully saturated rings. The number of thioether (sulfide) groups is 1. The smallest absolute Gasteiger partial charge is 0.240 e. The van der Waals surface area contributed by atoms with Gasteiger partial charge in [-0.25, -0.2) is 0 Å². The number of benzene rings is 1. The van der Waals surface area contributed by atoms with E-state index in [4.69, 9.17) is 0 Å². The van der Waals surface area contributed by atoms with Gasteiger partial charge in [0, 0.05) is 13.0 Å². The van der Waals surface area contributed by atoms with E-state index in [0.29, 0.717) is 18.3 Å². The van der Waals surface area contributed by atoms with Gasteiger partial charge in [0.1, 0.15) is 5.25 Å². The van der Waals surface area contributed by atoms with Crippen LogP contribution in [0.25, 0.3) is 0 Å². The highest BCUT2D eigenvalue weighted by Crippen LogP contribution is 2.22. The second kappa shape index (κ2) is 7.64. The second-order valence-electron chi connectivity index (χ2n) is 4.50. The molecule has 1 heterocycles. The van der Waals surface area contributed by atoms with E-state index in [-0.39, 0.29) is 18.2 Å². The normalized spacial score (nSPS) is 19.3. The average molecular weight is 303 g/mol. The predicted molar refractivity (Wildman–Crippen MR) is 84.9 cm³/mol. The van der Waals surface area contributed by atoms with Crippen LogP contribution in [0.3, 0.4) is 0 Å². The molecular formula is C15H17N3O2S. The molecule has 0 aliphatic carbocycles. The molecule has 1 saturated heterocycles. The summed E-state index contributed by atoms with van der Waals surface area (Å²) >= 11 is 1.29. The molecular weight excluding hydrogens is 286 g/mol. The minimum Gasteiger partial charge on any atom is -0.352 e. The van der Waals surface area contributed by atoms with Crippen molar-refractivity contribution in [3.05, 3.63) is 48.6 Å². The van der Waals surface area contributed by atoms with Gasteiger partial charge < -0.3 is 10.6 Å². The summed E-state index contributed by atoms with van der Waals surface area (Å²) in [5.41, 5.74) is 1.03. The number of hydrogen-bond donors (Lipinski definition) is 2. The number of nitrogens with zero attached hydrogens (tertiary/aromatic N) is 1. The van der Waals surface area contributed by atoms with Gasteiger partial charge in [-0.3, -0.25) is 14.6 Å². The number of carbonyl (C=O) groups is 2. The first-order valence-corrected chi connectivity index (χ1v) is 7.50. The maximum absolute atomic E-state index is 11.9. The summed E-state index contributed by atoms with van der Waals surface area (Å²) in [5.74, 6) is -0.311. The van der Waals surface area contributed by atoms with Crippen LogP contribution in [0.1, 0.15) is 12.0 Å². The Hall–Kier alpha value is -2.08. The number of hydrogen-bond acceptors (Lipinski definition) is 4. The van der Waals surface area contributed by atoms with Gasteiger partial charge in [-0.2, -0.15) is 0 Å². The van der Waals surface area contributed by atoms with Crippen LogP contribution in [0.5, 0.6) is 0 Å². The number of rotatable bonds is 6. The summed E-state index contributed by atoms with van der Waals surface area (Å²) in [5, 5.41) is 5.62. The van der Waals surface area contributed by atoms with E-state index in [2.05, 4.69) is 22.2 Å². The fourth-order valence-electron chi connectivity index (χ4n) is 1.80. The molecule has 110 valence electrons. The van der Waals surface area contributed by atoms with Crippen LogP contribution in [-0.2, 0) is 16.1 Å². The lowest BCUT2D eigenvalue weighted by Gasteiger charge is -2.07. The Morgan fingerprint density at radius 3 is 2.90 bits per heavy atom. The molecule has 1 aliphatic heterocycles. The summed E-state index contributed by atoms with van der Waals surface area (Å²) in [7, 11) is 0. The van der Waals surface area contributed by atoms with Crippen LogP contribution in [0, 0.1) is 0 Å². The molecule has 0 radical (unpaired) electrons. The second-order valence-corrected chi connectivity index (χ2v) is 5.69. The minimum absolute atomic E-state index is 0.142. The van der Waals surface area contributed by atoms with E-state index in [1.807, 2.05) is 30.3 Å². The Bertz CT molecular complexity index is 557. The molecule has 1 aromatic carbocycles. The number of aliphatic imine (C=N–C) groups is 1. The van der Waals surface area contributed by atoms with Crippen molar-refractivity contribution in [3.63, 3.8) is 0 Å². The van der Waals surface area contributed by atoms with Crippen molar-refractivity contribution >= 4 is 28.7 Å². The third-order valence-corrected chi connectivity index (χ3v) is 3.96. The highest BCUT2D eigenvalue weighted by molar-refractivity contribution is 8.15. The predicted octanol–water partition coefficient (Wildman–Crippen LogP) is 1.47. The highest BCUT2D eigenvalue weighted by atomic mass is 32.2. The summed E-state index contributed by atoms with van der Waals surface area (Å²) in [4.78, 5) is 27.8. The van der Waals surface area contributed by atoms with Gasteiger partial charge in [0.25, 0.3) is 0 Å². The highest BCUT2D eigenvalue weighted by Gasteiger charge is 2.31. The van der Waals surface area contributed by atoms with Gasteiger partial charge in [-0.05, 0) is 5.56 Å². The van der Waals surface area contributed by atoms with E-state index in [9.17, 15) is 9.59 Å². The Balaban J connectivity index is 1.80. The zero-order valence-corrected chi connectivity index (χ0v) is 12.4. The lowest BCUT2D eigenvalue weighted by molar-refractivity contribution is -0.125. The molecule has 1 aromatic rings. The summed E-state index contributed by atoms with van der Waals surface area (Å²) in [6.07, 6.45) is 1.80. The first-order chi connectivity index (χ1) is 10.2. The summed E-state index contributed by atoms with van der Waals surface area (Å²) in [6.45, 7) is 4.49. The van der Waals surface area contributed by atoms with Crippen LogP contribution in [0.2, 0.25) is 0 Å². The van der Waals surface area contributed by atoms with E-state index in [0.717, 1.165) is 5.56 Å². The topological polar surface area (TPSA) is 70.6 Å². The summed E-state index contributed by atoms with van der Waals surface area (Å²) in [6, 6.07) is 9.65. The lowest BCUT2D eigenvalue weighted by atomic mass is 10.2. The fourth-order valence-corrected chi connectivity index (χ4v) is 2.78. The Labute approximate surface area is 127 Å². The molecule has 1 aliphatic rings. The molecule has 2 amide bonds. The molecule has 6 heteroatoms. The molecule has 1 atom stereocenters. The van der Waals surface area contributed by atoms with Crippen molar-refractivity contribution in [2.24, 2.45) is 4.99 Å². The number of nitrogens with one attached hydrogen (secondary N) is 2. The van der Waals surface area contributed by atoms with Gasteiger partial charge in [0.2, 0.25) is 11.8 Å². The van der Waals surface area contributed by atoms with Gasteiger partial charge >= 0.3 is 0 Å². The lowest BCUT2D eigenvalue weighted by Crippen LogP contribution is -2.31. The van der Waals surface area contributed by atoms with Crippen molar-refractivity contribution in [2.75, 3.05) is 6.54 Å². The number of amidine groups is 1. The van der Waals surface area contributed by atoms with E-state index in [1.165, 1.54) is 11.8 Å². The molecule has 0 saturated carbocycles. The molecule has 2 rings (SSSR count). The summed E-state index contributed by atoms with van der Waals surface area (Å²) < 4.78 is 0. The third-order valence-electron chi connectivity index (χ3n) is 2.84.